The molecule has 0 unspecified atom stereocenters. The predicted octanol–water partition coefficient (Wildman–Crippen LogP) is 2.04. The number of pyridine rings is 1. The van der Waals surface area contributed by atoms with Gasteiger partial charge in [0, 0.05) is 25.5 Å². The maximum atomic E-state index is 12.2. The number of sulfonamides is 1. The molecule has 1 aromatic rings. The van der Waals surface area contributed by atoms with E-state index in [1.165, 1.54) is 11.8 Å². The largest absolute Gasteiger partial charge is 0.299 e. The molecule has 0 bridgehead atoms. The van der Waals surface area contributed by atoms with Gasteiger partial charge in [0.25, 0.3) is 0 Å². The summed E-state index contributed by atoms with van der Waals surface area (Å²) in [7, 11) is -3.43. The second-order valence-corrected chi connectivity index (χ2v) is 7.66. The van der Waals surface area contributed by atoms with Gasteiger partial charge in [0.2, 0.25) is 10.0 Å². The van der Waals surface area contributed by atoms with Gasteiger partial charge >= 0.3 is 0 Å². The Kier molecular flexibility index (Phi) is 6.11. The molecule has 0 saturated carbocycles. The number of nitrogens with zero attached hydrogens (tertiary/aromatic N) is 2. The topological polar surface area (TPSA) is 62.3 Å². The van der Waals surface area contributed by atoms with E-state index in [4.69, 9.17) is 0 Å². The van der Waals surface area contributed by atoms with Gasteiger partial charge < -0.3 is 0 Å². The van der Waals surface area contributed by atoms with E-state index in [0.717, 1.165) is 32.5 Å². The van der Waals surface area contributed by atoms with Crippen molar-refractivity contribution >= 4 is 10.0 Å². The first kappa shape index (κ1) is 17.1. The van der Waals surface area contributed by atoms with Gasteiger partial charge in [0.1, 0.15) is 4.90 Å². The first-order chi connectivity index (χ1) is 10.5. The average molecular weight is 323 g/mol. The van der Waals surface area contributed by atoms with Gasteiger partial charge in [-0.3, -0.25) is 9.88 Å². The Balaban J connectivity index is 1.80. The van der Waals surface area contributed by atoms with Crippen LogP contribution in [0, 0.1) is 5.92 Å². The van der Waals surface area contributed by atoms with Gasteiger partial charge in [0.05, 0.1) is 0 Å². The van der Waals surface area contributed by atoms with Crippen LogP contribution in [0.4, 0.5) is 0 Å². The summed E-state index contributed by atoms with van der Waals surface area (Å²) in [4.78, 5) is 6.52. The average Bonchev–Trinajstić information content (AvgIpc) is 2.55. The Labute approximate surface area is 133 Å². The van der Waals surface area contributed by atoms with Crippen molar-refractivity contribution in [1.29, 1.82) is 0 Å². The van der Waals surface area contributed by atoms with E-state index >= 15 is 0 Å². The van der Waals surface area contributed by atoms with Crippen molar-refractivity contribution in [3.05, 3.63) is 36.2 Å². The molecule has 1 aliphatic heterocycles. The van der Waals surface area contributed by atoms with Gasteiger partial charge in [0.15, 0.2) is 0 Å². The number of allylic oxidation sites excluding steroid dienone is 1. The zero-order valence-corrected chi connectivity index (χ0v) is 14.1. The van der Waals surface area contributed by atoms with Crippen LogP contribution in [0.5, 0.6) is 0 Å². The number of piperidine rings is 1. The molecule has 1 aliphatic rings. The van der Waals surface area contributed by atoms with Crippen LogP contribution in [0.2, 0.25) is 0 Å². The maximum Gasteiger partial charge on any atom is 0.242 e. The molecule has 122 valence electrons. The number of hydrogen-bond acceptors (Lipinski definition) is 4. The van der Waals surface area contributed by atoms with Crippen LogP contribution < -0.4 is 4.72 Å². The van der Waals surface area contributed by atoms with Crippen molar-refractivity contribution in [1.82, 2.24) is 14.6 Å². The van der Waals surface area contributed by atoms with Crippen molar-refractivity contribution in [2.24, 2.45) is 5.92 Å². The minimum absolute atomic E-state index is 0.233. The van der Waals surface area contributed by atoms with Gasteiger partial charge in [-0.15, -0.1) is 0 Å². The van der Waals surface area contributed by atoms with Crippen molar-refractivity contribution in [2.75, 3.05) is 26.2 Å². The number of rotatable bonds is 6. The predicted molar refractivity (Wildman–Crippen MR) is 88.0 cm³/mol. The molecule has 0 amide bonds. The normalized spacial score (nSPS) is 18.5. The molecule has 2 heterocycles. The van der Waals surface area contributed by atoms with Crippen LogP contribution in [-0.2, 0) is 10.0 Å². The smallest absolute Gasteiger partial charge is 0.242 e. The number of hydrogen-bond donors (Lipinski definition) is 1. The summed E-state index contributed by atoms with van der Waals surface area (Å²) < 4.78 is 27.0. The molecule has 5 nitrogen and oxygen atoms in total. The lowest BCUT2D eigenvalue weighted by Gasteiger charge is -2.32. The minimum atomic E-state index is -3.43. The lowest BCUT2D eigenvalue weighted by molar-refractivity contribution is 0.198. The van der Waals surface area contributed by atoms with E-state index in [-0.39, 0.29) is 4.90 Å². The zero-order chi connectivity index (χ0) is 16.0. The summed E-state index contributed by atoms with van der Waals surface area (Å²) >= 11 is 0. The van der Waals surface area contributed by atoms with Crippen LogP contribution in [0.1, 0.15) is 26.7 Å². The van der Waals surface area contributed by atoms with E-state index in [9.17, 15) is 8.42 Å². The van der Waals surface area contributed by atoms with Crippen molar-refractivity contribution in [3.63, 3.8) is 0 Å². The summed E-state index contributed by atoms with van der Waals surface area (Å²) in [6, 6.07) is 3.20. The first-order valence-electron chi connectivity index (χ1n) is 7.75. The molecule has 0 radical (unpaired) electrons. The highest BCUT2D eigenvalue weighted by molar-refractivity contribution is 7.89. The summed E-state index contributed by atoms with van der Waals surface area (Å²) in [5, 5.41) is 0. The second kappa shape index (κ2) is 7.85. The monoisotopic (exact) mass is 323 g/mol. The van der Waals surface area contributed by atoms with Crippen LogP contribution in [0.15, 0.2) is 41.1 Å². The van der Waals surface area contributed by atoms with Crippen LogP contribution >= 0.6 is 0 Å². The van der Waals surface area contributed by atoms with Crippen LogP contribution in [0.3, 0.4) is 0 Å². The van der Waals surface area contributed by atoms with Crippen molar-refractivity contribution in [2.45, 2.75) is 31.6 Å². The third-order valence-corrected chi connectivity index (χ3v) is 5.59. The Morgan fingerprint density at radius 1 is 1.45 bits per heavy atom. The molecule has 1 saturated heterocycles. The Bertz CT molecular complexity index is 591. The zero-order valence-electron chi connectivity index (χ0n) is 13.3. The van der Waals surface area contributed by atoms with Crippen LogP contribution in [-0.4, -0.2) is 44.5 Å². The number of aromatic nitrogens is 1. The summed E-state index contributed by atoms with van der Waals surface area (Å²) in [6.07, 6.45) is 7.17. The summed E-state index contributed by atoms with van der Waals surface area (Å²) in [6.45, 7) is 7.80. The van der Waals surface area contributed by atoms with Gasteiger partial charge in [-0.1, -0.05) is 11.6 Å². The van der Waals surface area contributed by atoms with Crippen molar-refractivity contribution < 1.29 is 8.42 Å². The maximum absolute atomic E-state index is 12.2. The van der Waals surface area contributed by atoms with Crippen molar-refractivity contribution in [3.8, 4) is 0 Å². The molecule has 1 aromatic heterocycles. The Hall–Kier alpha value is -1.24. The molecule has 0 atom stereocenters. The SMILES string of the molecule is C/C=C(\C)CN1CCC(CNS(=O)(=O)c2cccnc2)CC1. The van der Waals surface area contributed by atoms with E-state index in [1.807, 2.05) is 0 Å². The lowest BCUT2D eigenvalue weighted by atomic mass is 9.97. The standard InChI is InChI=1S/C16H25N3O2S/c1-3-14(2)13-19-9-6-15(7-10-19)11-18-22(20,21)16-5-4-8-17-12-16/h3-5,8,12,15,18H,6-7,9-11,13H2,1-2H3/b14-3+. The van der Waals surface area contributed by atoms with Gasteiger partial charge in [-0.25, -0.2) is 13.1 Å². The minimum Gasteiger partial charge on any atom is -0.299 e. The first-order valence-corrected chi connectivity index (χ1v) is 9.23. The molecule has 0 aromatic carbocycles. The molecular weight excluding hydrogens is 298 g/mol. The molecule has 0 spiro atoms. The second-order valence-electron chi connectivity index (χ2n) is 5.90. The number of likely N-dealkylation sites (tertiary alicyclic amines) is 1. The highest BCUT2D eigenvalue weighted by Gasteiger charge is 2.21. The lowest BCUT2D eigenvalue weighted by Crippen LogP contribution is -2.39. The molecule has 1 N–H and O–H groups in total. The Morgan fingerprint density at radius 3 is 2.77 bits per heavy atom. The molecule has 6 heteroatoms. The number of nitrogens with one attached hydrogen (secondary N) is 1. The molecular formula is C16H25N3O2S. The third-order valence-electron chi connectivity index (χ3n) is 4.18. The summed E-state index contributed by atoms with van der Waals surface area (Å²) in [5.41, 5.74) is 1.38. The third kappa shape index (κ3) is 4.90. The summed E-state index contributed by atoms with van der Waals surface area (Å²) in [5.74, 6) is 0.411. The Morgan fingerprint density at radius 2 is 2.18 bits per heavy atom. The molecule has 2 rings (SSSR count). The highest BCUT2D eigenvalue weighted by atomic mass is 32.2. The highest BCUT2D eigenvalue weighted by Crippen LogP contribution is 2.18. The van der Waals surface area contributed by atoms with Gasteiger partial charge in [-0.05, 0) is 57.8 Å². The van der Waals surface area contributed by atoms with E-state index in [2.05, 4.69) is 34.5 Å². The molecule has 1 fully saturated rings. The van der Waals surface area contributed by atoms with E-state index < -0.39 is 10.0 Å². The fourth-order valence-corrected chi connectivity index (χ4v) is 3.69. The van der Waals surface area contributed by atoms with Gasteiger partial charge in [-0.2, -0.15) is 0 Å². The van der Waals surface area contributed by atoms with Crippen LogP contribution in [0.25, 0.3) is 0 Å². The van der Waals surface area contributed by atoms with E-state index in [1.54, 1.807) is 18.3 Å². The van der Waals surface area contributed by atoms with E-state index in [0.29, 0.717) is 12.5 Å². The fourth-order valence-electron chi connectivity index (χ4n) is 2.61. The molecule has 0 aliphatic carbocycles. The quantitative estimate of drug-likeness (QED) is 0.814. The molecule has 22 heavy (non-hydrogen) atoms. The fraction of sp³-hybridized carbons (Fsp3) is 0.562.